The Balaban J connectivity index is 0.000000771. The molecule has 0 aliphatic heterocycles. The highest BCUT2D eigenvalue weighted by Crippen LogP contribution is 2.31. The van der Waals surface area contributed by atoms with Gasteiger partial charge < -0.3 is 10.5 Å². The molecule has 0 bridgehead atoms. The molecule has 0 unspecified atom stereocenters. The Bertz CT molecular complexity index is 510. The number of anilines is 1. The first-order valence-electron chi connectivity index (χ1n) is 6.07. The number of methoxy groups -OCH3 is 1. The fraction of sp³-hybridized carbons (Fsp3) is 0.267. The maximum Gasteiger partial charge on any atom is 0.129 e. The molecular weight excluding hydrogens is 224 g/mol. The van der Waals surface area contributed by atoms with Crippen molar-refractivity contribution in [2.24, 2.45) is 0 Å². The third-order valence-electron chi connectivity index (χ3n) is 2.54. The van der Waals surface area contributed by atoms with E-state index in [1.54, 1.807) is 19.5 Å². The maximum atomic E-state index is 5.73. The molecule has 3 nitrogen and oxygen atoms in total. The number of hydrogen-bond acceptors (Lipinski definition) is 3. The predicted molar refractivity (Wildman–Crippen MR) is 76.7 cm³/mol. The van der Waals surface area contributed by atoms with Crippen LogP contribution in [0.15, 0.2) is 36.7 Å². The summed E-state index contributed by atoms with van der Waals surface area (Å²) in [6.45, 7) is 6.03. The molecule has 0 saturated carbocycles. The zero-order valence-corrected chi connectivity index (χ0v) is 11.4. The van der Waals surface area contributed by atoms with Gasteiger partial charge in [-0.15, -0.1) is 0 Å². The molecule has 0 aliphatic carbocycles. The van der Waals surface area contributed by atoms with Crippen LogP contribution in [0.25, 0.3) is 11.1 Å². The number of nitrogen functional groups attached to an aromatic ring is 1. The van der Waals surface area contributed by atoms with Gasteiger partial charge >= 0.3 is 0 Å². The van der Waals surface area contributed by atoms with Gasteiger partial charge in [0.2, 0.25) is 0 Å². The Kier molecular flexibility index (Phi) is 5.18. The lowest BCUT2D eigenvalue weighted by Gasteiger charge is -2.10. The van der Waals surface area contributed by atoms with Gasteiger partial charge in [-0.2, -0.15) is 0 Å². The molecule has 18 heavy (non-hydrogen) atoms. The van der Waals surface area contributed by atoms with Crippen molar-refractivity contribution >= 4 is 5.69 Å². The van der Waals surface area contributed by atoms with E-state index in [0.717, 1.165) is 28.1 Å². The van der Waals surface area contributed by atoms with E-state index in [2.05, 4.69) is 4.98 Å². The number of ether oxygens (including phenoxy) is 1. The fourth-order valence-corrected chi connectivity index (χ4v) is 1.75. The van der Waals surface area contributed by atoms with Crippen LogP contribution >= 0.6 is 0 Å². The van der Waals surface area contributed by atoms with Gasteiger partial charge in [-0.25, -0.2) is 0 Å². The van der Waals surface area contributed by atoms with Crippen LogP contribution in [0, 0.1) is 6.92 Å². The lowest BCUT2D eigenvalue weighted by Crippen LogP contribution is -1.92. The Morgan fingerprint density at radius 2 is 1.83 bits per heavy atom. The van der Waals surface area contributed by atoms with Crippen LogP contribution in [0.1, 0.15) is 19.4 Å². The molecule has 0 radical (unpaired) electrons. The summed E-state index contributed by atoms with van der Waals surface area (Å²) in [6.07, 6.45) is 3.52. The topological polar surface area (TPSA) is 48.1 Å². The van der Waals surface area contributed by atoms with Crippen molar-refractivity contribution in [3.8, 4) is 16.9 Å². The summed E-state index contributed by atoms with van der Waals surface area (Å²) in [5, 5.41) is 0. The van der Waals surface area contributed by atoms with Crippen molar-refractivity contribution in [2.45, 2.75) is 20.8 Å². The third-order valence-corrected chi connectivity index (χ3v) is 2.54. The van der Waals surface area contributed by atoms with E-state index in [1.807, 2.05) is 45.0 Å². The van der Waals surface area contributed by atoms with E-state index in [0.29, 0.717) is 0 Å². The molecule has 1 aromatic carbocycles. The van der Waals surface area contributed by atoms with Gasteiger partial charge in [0.05, 0.1) is 7.11 Å². The van der Waals surface area contributed by atoms with Crippen molar-refractivity contribution in [1.29, 1.82) is 0 Å². The average molecular weight is 244 g/mol. The average Bonchev–Trinajstić information content (AvgIpc) is 2.41. The molecule has 0 aliphatic rings. The normalized spacial score (nSPS) is 9.33. The fourth-order valence-electron chi connectivity index (χ4n) is 1.75. The van der Waals surface area contributed by atoms with Crippen LogP contribution in [0.2, 0.25) is 0 Å². The Hall–Kier alpha value is -2.03. The summed E-state index contributed by atoms with van der Waals surface area (Å²) < 4.78 is 5.31. The highest BCUT2D eigenvalue weighted by Gasteiger charge is 2.07. The largest absolute Gasteiger partial charge is 0.496 e. The molecule has 1 aromatic heterocycles. The molecule has 3 heteroatoms. The standard InChI is InChI=1S/C13H14N2O.C2H6/c1-9-7-10(14)3-4-11(9)12-8-15-6-5-13(12)16-2;1-2/h3-8H,14H2,1-2H3;1-2H3. The number of nitrogens with zero attached hydrogens (tertiary/aromatic N) is 1. The van der Waals surface area contributed by atoms with Crippen LogP contribution in [-0.2, 0) is 0 Å². The highest BCUT2D eigenvalue weighted by atomic mass is 16.5. The summed E-state index contributed by atoms with van der Waals surface area (Å²) >= 11 is 0. The van der Waals surface area contributed by atoms with Gasteiger partial charge in [-0.1, -0.05) is 19.9 Å². The first-order valence-corrected chi connectivity index (χ1v) is 6.07. The Morgan fingerprint density at radius 1 is 1.11 bits per heavy atom. The van der Waals surface area contributed by atoms with Gasteiger partial charge in [-0.3, -0.25) is 4.98 Å². The Morgan fingerprint density at radius 3 is 2.44 bits per heavy atom. The zero-order valence-electron chi connectivity index (χ0n) is 11.4. The van der Waals surface area contributed by atoms with Gasteiger partial charge in [0.25, 0.3) is 0 Å². The second kappa shape index (κ2) is 6.64. The smallest absolute Gasteiger partial charge is 0.129 e. The number of hydrogen-bond donors (Lipinski definition) is 1. The van der Waals surface area contributed by atoms with Crippen LogP contribution in [0.5, 0.6) is 5.75 Å². The first-order chi connectivity index (χ1) is 8.72. The van der Waals surface area contributed by atoms with Crippen molar-refractivity contribution in [3.05, 3.63) is 42.2 Å². The van der Waals surface area contributed by atoms with Crippen molar-refractivity contribution in [3.63, 3.8) is 0 Å². The number of pyridine rings is 1. The number of aromatic nitrogens is 1. The van der Waals surface area contributed by atoms with Crippen molar-refractivity contribution in [1.82, 2.24) is 4.98 Å². The van der Waals surface area contributed by atoms with Crippen LogP contribution in [0.4, 0.5) is 5.69 Å². The number of nitrogens with two attached hydrogens (primary N) is 1. The first kappa shape index (κ1) is 14.0. The van der Waals surface area contributed by atoms with E-state index in [9.17, 15) is 0 Å². The molecular formula is C15H20N2O. The molecule has 0 fully saturated rings. The van der Waals surface area contributed by atoms with E-state index < -0.39 is 0 Å². The summed E-state index contributed by atoms with van der Waals surface area (Å²) in [6, 6.07) is 7.67. The quantitative estimate of drug-likeness (QED) is 0.820. The third kappa shape index (κ3) is 3.00. The number of aryl methyl sites for hydroxylation is 1. The van der Waals surface area contributed by atoms with E-state index in [-0.39, 0.29) is 0 Å². The van der Waals surface area contributed by atoms with Crippen LogP contribution in [0.3, 0.4) is 0 Å². The number of rotatable bonds is 2. The lowest BCUT2D eigenvalue weighted by molar-refractivity contribution is 0.416. The molecule has 2 rings (SSSR count). The molecule has 0 spiro atoms. The molecule has 2 N–H and O–H groups in total. The van der Waals surface area contributed by atoms with Gasteiger partial charge in [0.15, 0.2) is 0 Å². The second-order valence-electron chi connectivity index (χ2n) is 3.65. The Labute approximate surface area is 109 Å². The maximum absolute atomic E-state index is 5.73. The van der Waals surface area contributed by atoms with Crippen molar-refractivity contribution in [2.75, 3.05) is 12.8 Å². The molecule has 0 atom stereocenters. The summed E-state index contributed by atoms with van der Waals surface area (Å²) in [4.78, 5) is 4.12. The number of benzene rings is 1. The molecule has 96 valence electrons. The summed E-state index contributed by atoms with van der Waals surface area (Å²) in [5.41, 5.74) is 9.70. The summed E-state index contributed by atoms with van der Waals surface area (Å²) in [7, 11) is 1.66. The molecule has 0 amide bonds. The molecule has 1 heterocycles. The van der Waals surface area contributed by atoms with Gasteiger partial charge in [0.1, 0.15) is 5.75 Å². The van der Waals surface area contributed by atoms with E-state index >= 15 is 0 Å². The minimum Gasteiger partial charge on any atom is -0.496 e. The van der Waals surface area contributed by atoms with Gasteiger partial charge in [0, 0.05) is 23.6 Å². The minimum atomic E-state index is 0.768. The van der Waals surface area contributed by atoms with Crippen LogP contribution < -0.4 is 10.5 Å². The van der Waals surface area contributed by atoms with Crippen molar-refractivity contribution < 1.29 is 4.74 Å². The van der Waals surface area contributed by atoms with E-state index in [1.165, 1.54) is 0 Å². The molecule has 2 aromatic rings. The second-order valence-corrected chi connectivity index (χ2v) is 3.65. The highest BCUT2D eigenvalue weighted by molar-refractivity contribution is 5.73. The van der Waals surface area contributed by atoms with E-state index in [4.69, 9.17) is 10.5 Å². The minimum absolute atomic E-state index is 0.768. The SMILES string of the molecule is CC.COc1ccncc1-c1ccc(N)cc1C. The molecule has 0 saturated heterocycles. The zero-order chi connectivity index (χ0) is 13.5. The van der Waals surface area contributed by atoms with Gasteiger partial charge in [-0.05, 0) is 36.2 Å². The predicted octanol–water partition coefficient (Wildman–Crippen LogP) is 3.67. The summed E-state index contributed by atoms with van der Waals surface area (Å²) in [5.74, 6) is 0.822. The monoisotopic (exact) mass is 244 g/mol. The van der Waals surface area contributed by atoms with Crippen LogP contribution in [-0.4, -0.2) is 12.1 Å². The lowest BCUT2D eigenvalue weighted by atomic mass is 10.0.